The zero-order chi connectivity index (χ0) is 20.8. The van der Waals surface area contributed by atoms with E-state index in [0.717, 1.165) is 24.4 Å². The Morgan fingerprint density at radius 1 is 1.21 bits per heavy atom. The van der Waals surface area contributed by atoms with Gasteiger partial charge in [-0.15, -0.1) is 11.3 Å². The average Bonchev–Trinajstić information content (AvgIpc) is 3.08. The van der Waals surface area contributed by atoms with Gasteiger partial charge in [-0.25, -0.2) is 4.98 Å². The van der Waals surface area contributed by atoms with E-state index >= 15 is 0 Å². The van der Waals surface area contributed by atoms with E-state index in [2.05, 4.69) is 60.2 Å². The van der Waals surface area contributed by atoms with Crippen molar-refractivity contribution in [1.82, 2.24) is 14.8 Å². The van der Waals surface area contributed by atoms with Crippen molar-refractivity contribution in [1.29, 1.82) is 0 Å². The van der Waals surface area contributed by atoms with Crippen LogP contribution in [0, 0.1) is 12.8 Å². The Kier molecular flexibility index (Phi) is 7.39. The maximum absolute atomic E-state index is 12.4. The summed E-state index contributed by atoms with van der Waals surface area (Å²) in [6.45, 7) is 9.38. The molecule has 0 saturated carbocycles. The number of aromatic nitrogens is 1. The number of nitrogens with zero attached hydrogens (tertiary/aromatic N) is 3. The molecule has 0 atom stereocenters. The molecule has 1 saturated heterocycles. The molecule has 7 heteroatoms. The smallest absolute Gasteiger partial charge is 0.240 e. The van der Waals surface area contributed by atoms with Crippen LogP contribution in [0.15, 0.2) is 30.5 Å². The minimum absolute atomic E-state index is 0.0524. The molecule has 156 valence electrons. The van der Waals surface area contributed by atoms with Gasteiger partial charge in [-0.05, 0) is 18.4 Å². The second-order valence-electron chi connectivity index (χ2n) is 8.10. The Hall–Kier alpha value is -2.25. The van der Waals surface area contributed by atoms with Gasteiger partial charge in [0.25, 0.3) is 0 Å². The molecule has 2 aromatic rings. The summed E-state index contributed by atoms with van der Waals surface area (Å²) < 4.78 is 0. The van der Waals surface area contributed by atoms with Gasteiger partial charge in [0.15, 0.2) is 5.13 Å². The van der Waals surface area contributed by atoms with E-state index in [4.69, 9.17) is 0 Å². The predicted octanol–water partition coefficient (Wildman–Crippen LogP) is 3.17. The molecule has 2 heterocycles. The Bertz CT molecular complexity index is 841. The normalized spacial score (nSPS) is 15.0. The molecule has 1 aromatic heterocycles. The minimum Gasteiger partial charge on any atom is -0.340 e. The molecule has 0 unspecified atom stereocenters. The molecule has 1 aliphatic rings. The number of carbonyl (C=O) groups is 2. The zero-order valence-electron chi connectivity index (χ0n) is 17.5. The molecular weight excluding hydrogens is 384 g/mol. The molecule has 3 rings (SSSR count). The summed E-state index contributed by atoms with van der Waals surface area (Å²) in [4.78, 5) is 34.0. The van der Waals surface area contributed by atoms with Crippen molar-refractivity contribution in [2.75, 3.05) is 38.0 Å². The van der Waals surface area contributed by atoms with Crippen LogP contribution in [-0.4, -0.2) is 59.3 Å². The summed E-state index contributed by atoms with van der Waals surface area (Å²) in [5.74, 6) is 0.539. The van der Waals surface area contributed by atoms with E-state index < -0.39 is 0 Å². The number of aryl methyl sites for hydroxylation is 1. The molecule has 1 fully saturated rings. The quantitative estimate of drug-likeness (QED) is 0.756. The van der Waals surface area contributed by atoms with Crippen LogP contribution in [0.25, 0.3) is 0 Å². The summed E-state index contributed by atoms with van der Waals surface area (Å²) in [5, 5.41) is 3.56. The van der Waals surface area contributed by atoms with Gasteiger partial charge in [0.2, 0.25) is 11.8 Å². The topological polar surface area (TPSA) is 65.5 Å². The van der Waals surface area contributed by atoms with Crippen molar-refractivity contribution < 1.29 is 9.59 Å². The fourth-order valence-corrected chi connectivity index (χ4v) is 4.33. The molecule has 1 aromatic carbocycles. The highest BCUT2D eigenvalue weighted by Gasteiger charge is 2.23. The van der Waals surface area contributed by atoms with Gasteiger partial charge in [0.05, 0.1) is 6.54 Å². The largest absolute Gasteiger partial charge is 0.340 e. The third kappa shape index (κ3) is 6.65. The van der Waals surface area contributed by atoms with E-state index in [1.165, 1.54) is 22.5 Å². The number of rotatable bonds is 7. The van der Waals surface area contributed by atoms with Gasteiger partial charge < -0.3 is 10.2 Å². The second-order valence-corrected chi connectivity index (χ2v) is 9.22. The summed E-state index contributed by atoms with van der Waals surface area (Å²) >= 11 is 1.52. The summed E-state index contributed by atoms with van der Waals surface area (Å²) in [7, 11) is 0. The van der Waals surface area contributed by atoms with Gasteiger partial charge in [-0.3, -0.25) is 14.5 Å². The van der Waals surface area contributed by atoms with E-state index in [0.29, 0.717) is 37.1 Å². The van der Waals surface area contributed by atoms with E-state index in [9.17, 15) is 9.59 Å². The lowest BCUT2D eigenvalue weighted by atomic mass is 10.1. The molecule has 6 nitrogen and oxygen atoms in total. The fraction of sp³-hybridized carbons (Fsp3) is 0.500. The molecule has 0 aliphatic carbocycles. The van der Waals surface area contributed by atoms with Crippen molar-refractivity contribution in [3.63, 3.8) is 0 Å². The van der Waals surface area contributed by atoms with Gasteiger partial charge in [0, 0.05) is 50.1 Å². The summed E-state index contributed by atoms with van der Waals surface area (Å²) in [5.41, 5.74) is 2.49. The average molecular weight is 415 g/mol. The number of anilines is 1. The molecule has 2 amide bonds. The van der Waals surface area contributed by atoms with Crippen molar-refractivity contribution in [3.05, 3.63) is 46.5 Å². The van der Waals surface area contributed by atoms with Crippen LogP contribution in [0.3, 0.4) is 0 Å². The number of hydrogen-bond donors (Lipinski definition) is 1. The highest BCUT2D eigenvalue weighted by molar-refractivity contribution is 7.15. The van der Waals surface area contributed by atoms with Crippen molar-refractivity contribution in [3.8, 4) is 0 Å². The highest BCUT2D eigenvalue weighted by Crippen LogP contribution is 2.21. The molecule has 0 spiro atoms. The second kappa shape index (κ2) is 9.98. The Balaban J connectivity index is 1.43. The number of hydrogen-bond acceptors (Lipinski definition) is 5. The predicted molar refractivity (Wildman–Crippen MR) is 117 cm³/mol. The number of piperazine rings is 1. The molecule has 29 heavy (non-hydrogen) atoms. The van der Waals surface area contributed by atoms with Crippen LogP contribution in [0.5, 0.6) is 0 Å². The monoisotopic (exact) mass is 414 g/mol. The zero-order valence-corrected chi connectivity index (χ0v) is 18.3. The summed E-state index contributed by atoms with van der Waals surface area (Å²) in [6.07, 6.45) is 3.25. The lowest BCUT2D eigenvalue weighted by Crippen LogP contribution is -2.50. The summed E-state index contributed by atoms with van der Waals surface area (Å²) in [6, 6.07) is 8.42. The maximum atomic E-state index is 12.4. The highest BCUT2D eigenvalue weighted by atomic mass is 32.1. The van der Waals surface area contributed by atoms with Gasteiger partial charge in [0.1, 0.15) is 0 Å². The number of amides is 2. The molecule has 1 aliphatic heterocycles. The third-order valence-corrected chi connectivity index (χ3v) is 5.85. The molecule has 0 bridgehead atoms. The SMILES string of the molecule is Cc1cccc(Cc2cnc(NC(=O)CN3CCN(C(=O)CC(C)C)CC3)s2)c1. The Labute approximate surface area is 176 Å². The maximum Gasteiger partial charge on any atom is 0.240 e. The standard InChI is InChI=1S/C22H30N4O2S/c1-16(2)11-21(28)26-9-7-25(8-10-26)15-20(27)24-22-23-14-19(29-22)13-18-6-4-5-17(3)12-18/h4-6,12,14,16H,7-11,13,15H2,1-3H3,(H,23,24,27). The third-order valence-electron chi connectivity index (χ3n) is 4.94. The number of benzene rings is 1. The van der Waals surface area contributed by atoms with Crippen molar-refractivity contribution in [2.24, 2.45) is 5.92 Å². The van der Waals surface area contributed by atoms with Crippen LogP contribution in [0.2, 0.25) is 0 Å². The Morgan fingerprint density at radius 3 is 2.66 bits per heavy atom. The molecule has 0 radical (unpaired) electrons. The first-order valence-corrected chi connectivity index (χ1v) is 11.0. The van der Waals surface area contributed by atoms with Crippen LogP contribution in [0.4, 0.5) is 5.13 Å². The van der Waals surface area contributed by atoms with Crippen LogP contribution >= 0.6 is 11.3 Å². The van der Waals surface area contributed by atoms with Crippen LogP contribution < -0.4 is 5.32 Å². The van der Waals surface area contributed by atoms with Crippen molar-refractivity contribution in [2.45, 2.75) is 33.6 Å². The number of nitrogens with one attached hydrogen (secondary N) is 1. The molecular formula is C22H30N4O2S. The van der Waals surface area contributed by atoms with E-state index in [1.54, 1.807) is 0 Å². The van der Waals surface area contributed by atoms with E-state index in [-0.39, 0.29) is 11.8 Å². The first kappa shape index (κ1) is 21.5. The first-order chi connectivity index (χ1) is 13.9. The van der Waals surface area contributed by atoms with Crippen LogP contribution in [0.1, 0.15) is 36.3 Å². The Morgan fingerprint density at radius 2 is 1.97 bits per heavy atom. The van der Waals surface area contributed by atoms with Gasteiger partial charge in [-0.1, -0.05) is 43.7 Å². The first-order valence-electron chi connectivity index (χ1n) is 10.2. The lowest BCUT2D eigenvalue weighted by Gasteiger charge is -2.34. The number of carbonyl (C=O) groups excluding carboxylic acids is 2. The molecule has 1 N–H and O–H groups in total. The van der Waals surface area contributed by atoms with E-state index in [1.807, 2.05) is 11.1 Å². The number of thiazole rings is 1. The fourth-order valence-electron chi connectivity index (χ4n) is 3.47. The minimum atomic E-state index is -0.0524. The lowest BCUT2D eigenvalue weighted by molar-refractivity contribution is -0.133. The van der Waals surface area contributed by atoms with Gasteiger partial charge in [-0.2, -0.15) is 0 Å². The van der Waals surface area contributed by atoms with Crippen LogP contribution in [-0.2, 0) is 16.0 Å². The van der Waals surface area contributed by atoms with Crippen molar-refractivity contribution >= 4 is 28.3 Å². The van der Waals surface area contributed by atoms with Gasteiger partial charge >= 0.3 is 0 Å².